The summed E-state index contributed by atoms with van der Waals surface area (Å²) in [7, 11) is -3.31. The van der Waals surface area contributed by atoms with Crippen LogP contribution >= 0.6 is 0 Å². The van der Waals surface area contributed by atoms with Gasteiger partial charge in [0, 0.05) is 25.2 Å². The third-order valence-corrected chi connectivity index (χ3v) is 7.47. The Bertz CT molecular complexity index is 523. The standard InChI is InChI=1S/C16H29N3O3S/c1-2-3-11-23(21,22)18-10-4-5-15(18)16(20)19-13-6-7-14(19)12-17-9-8-13/h13-15,17H,2-12H2,1H3. The summed E-state index contributed by atoms with van der Waals surface area (Å²) in [6.07, 6.45) is 6.08. The smallest absolute Gasteiger partial charge is 0.241 e. The van der Waals surface area contributed by atoms with Gasteiger partial charge >= 0.3 is 0 Å². The highest BCUT2D eigenvalue weighted by atomic mass is 32.2. The summed E-state index contributed by atoms with van der Waals surface area (Å²) in [5.41, 5.74) is 0. The van der Waals surface area contributed by atoms with E-state index in [0.29, 0.717) is 25.4 Å². The quantitative estimate of drug-likeness (QED) is 0.806. The van der Waals surface area contributed by atoms with Crippen LogP contribution in [0.2, 0.25) is 0 Å². The van der Waals surface area contributed by atoms with Gasteiger partial charge in [-0.25, -0.2) is 8.42 Å². The maximum absolute atomic E-state index is 13.1. The molecule has 3 unspecified atom stereocenters. The minimum Gasteiger partial charge on any atom is -0.334 e. The molecular formula is C16H29N3O3S. The van der Waals surface area contributed by atoms with Gasteiger partial charge in [-0.15, -0.1) is 0 Å². The molecule has 7 heteroatoms. The molecule has 132 valence electrons. The summed E-state index contributed by atoms with van der Waals surface area (Å²) in [5, 5.41) is 3.40. The molecule has 0 saturated carbocycles. The lowest BCUT2D eigenvalue weighted by Gasteiger charge is -2.33. The van der Waals surface area contributed by atoms with E-state index in [-0.39, 0.29) is 17.7 Å². The number of rotatable bonds is 5. The minimum atomic E-state index is -3.31. The highest BCUT2D eigenvalue weighted by molar-refractivity contribution is 7.89. The van der Waals surface area contributed by atoms with Crippen LogP contribution in [0.1, 0.15) is 51.9 Å². The van der Waals surface area contributed by atoms with E-state index in [2.05, 4.69) is 5.32 Å². The summed E-state index contributed by atoms with van der Waals surface area (Å²) < 4.78 is 26.7. The molecule has 0 aromatic rings. The number of carbonyl (C=O) groups excluding carboxylic acids is 1. The van der Waals surface area contributed by atoms with E-state index >= 15 is 0 Å². The van der Waals surface area contributed by atoms with Gasteiger partial charge in [0.25, 0.3) is 0 Å². The zero-order valence-corrected chi connectivity index (χ0v) is 14.9. The SMILES string of the molecule is CCCCS(=O)(=O)N1CCCC1C(=O)N1C2CCNCC1CC2. The van der Waals surface area contributed by atoms with Gasteiger partial charge < -0.3 is 10.2 Å². The normalized spacial score (nSPS) is 32.2. The molecule has 6 nitrogen and oxygen atoms in total. The van der Waals surface area contributed by atoms with Crippen molar-refractivity contribution in [1.82, 2.24) is 14.5 Å². The molecule has 3 heterocycles. The van der Waals surface area contributed by atoms with Crippen LogP contribution in [0.4, 0.5) is 0 Å². The lowest BCUT2D eigenvalue weighted by Crippen LogP contribution is -2.52. The first-order valence-electron chi connectivity index (χ1n) is 9.07. The summed E-state index contributed by atoms with van der Waals surface area (Å²) in [5.74, 6) is 0.223. The summed E-state index contributed by atoms with van der Waals surface area (Å²) in [4.78, 5) is 15.2. The van der Waals surface area contributed by atoms with Crippen LogP contribution in [0.3, 0.4) is 0 Å². The van der Waals surface area contributed by atoms with Gasteiger partial charge in [-0.3, -0.25) is 4.79 Å². The molecule has 3 fully saturated rings. The molecule has 3 atom stereocenters. The van der Waals surface area contributed by atoms with Gasteiger partial charge in [0.05, 0.1) is 5.75 Å². The third kappa shape index (κ3) is 3.42. The number of sulfonamides is 1. The number of hydrogen-bond donors (Lipinski definition) is 1. The van der Waals surface area contributed by atoms with Gasteiger partial charge in [0.15, 0.2) is 0 Å². The molecule has 0 aromatic heterocycles. The van der Waals surface area contributed by atoms with Crippen molar-refractivity contribution in [2.75, 3.05) is 25.4 Å². The Morgan fingerprint density at radius 3 is 2.74 bits per heavy atom. The van der Waals surface area contributed by atoms with Crippen molar-refractivity contribution >= 4 is 15.9 Å². The van der Waals surface area contributed by atoms with Gasteiger partial charge in [0.2, 0.25) is 15.9 Å². The second-order valence-corrected chi connectivity index (χ2v) is 9.10. The summed E-state index contributed by atoms with van der Waals surface area (Å²) >= 11 is 0. The van der Waals surface area contributed by atoms with Crippen molar-refractivity contribution < 1.29 is 13.2 Å². The van der Waals surface area contributed by atoms with E-state index in [1.54, 1.807) is 0 Å². The number of hydrogen-bond acceptors (Lipinski definition) is 4. The monoisotopic (exact) mass is 343 g/mol. The van der Waals surface area contributed by atoms with Crippen molar-refractivity contribution in [1.29, 1.82) is 0 Å². The van der Waals surface area contributed by atoms with Crippen molar-refractivity contribution in [2.45, 2.75) is 70.0 Å². The first-order valence-corrected chi connectivity index (χ1v) is 10.7. The van der Waals surface area contributed by atoms with E-state index in [9.17, 15) is 13.2 Å². The highest BCUT2D eigenvalue weighted by Crippen LogP contribution is 2.32. The van der Waals surface area contributed by atoms with Gasteiger partial charge in [-0.05, 0) is 45.1 Å². The van der Waals surface area contributed by atoms with Crippen molar-refractivity contribution in [3.63, 3.8) is 0 Å². The van der Waals surface area contributed by atoms with Gasteiger partial charge in [0.1, 0.15) is 6.04 Å². The predicted octanol–water partition coefficient (Wildman–Crippen LogP) is 0.934. The van der Waals surface area contributed by atoms with E-state index in [0.717, 1.165) is 45.2 Å². The van der Waals surface area contributed by atoms with Crippen LogP contribution in [-0.2, 0) is 14.8 Å². The molecule has 2 bridgehead atoms. The van der Waals surface area contributed by atoms with Crippen LogP contribution < -0.4 is 5.32 Å². The molecule has 1 N–H and O–H groups in total. The van der Waals surface area contributed by atoms with Crippen LogP contribution in [0.25, 0.3) is 0 Å². The molecular weight excluding hydrogens is 314 g/mol. The van der Waals surface area contributed by atoms with Crippen LogP contribution in [0.5, 0.6) is 0 Å². The Kier molecular flexibility index (Phi) is 5.28. The number of fused-ring (bicyclic) bond motifs is 2. The molecule has 0 aliphatic carbocycles. The van der Waals surface area contributed by atoms with E-state index in [1.807, 2.05) is 11.8 Å². The van der Waals surface area contributed by atoms with Crippen molar-refractivity contribution in [2.24, 2.45) is 0 Å². The van der Waals surface area contributed by atoms with Gasteiger partial charge in [-0.2, -0.15) is 4.31 Å². The molecule has 0 aromatic carbocycles. The largest absolute Gasteiger partial charge is 0.334 e. The zero-order valence-electron chi connectivity index (χ0n) is 14.0. The van der Waals surface area contributed by atoms with Crippen molar-refractivity contribution in [3.05, 3.63) is 0 Å². The van der Waals surface area contributed by atoms with Crippen molar-refractivity contribution in [3.8, 4) is 0 Å². The van der Waals surface area contributed by atoms with Gasteiger partial charge in [-0.1, -0.05) is 13.3 Å². The predicted molar refractivity (Wildman–Crippen MR) is 89.6 cm³/mol. The average molecular weight is 343 g/mol. The third-order valence-electron chi connectivity index (χ3n) is 5.51. The molecule has 0 radical (unpaired) electrons. The summed E-state index contributed by atoms with van der Waals surface area (Å²) in [6, 6.07) is 0.0807. The Morgan fingerprint density at radius 1 is 1.17 bits per heavy atom. The second kappa shape index (κ2) is 7.07. The first-order chi connectivity index (χ1) is 11.0. The average Bonchev–Trinajstić information content (AvgIpc) is 3.09. The van der Waals surface area contributed by atoms with Crippen LogP contribution in [0.15, 0.2) is 0 Å². The number of amides is 1. The molecule has 1 amide bonds. The molecule has 3 saturated heterocycles. The molecule has 23 heavy (non-hydrogen) atoms. The van der Waals surface area contributed by atoms with E-state index < -0.39 is 16.1 Å². The Hall–Kier alpha value is -0.660. The highest BCUT2D eigenvalue weighted by Gasteiger charge is 2.45. The fraction of sp³-hybridized carbons (Fsp3) is 0.938. The summed E-state index contributed by atoms with van der Waals surface area (Å²) in [6.45, 7) is 4.29. The second-order valence-electron chi connectivity index (χ2n) is 7.06. The molecule has 0 spiro atoms. The van der Waals surface area contributed by atoms with E-state index in [4.69, 9.17) is 0 Å². The Morgan fingerprint density at radius 2 is 1.96 bits per heavy atom. The number of nitrogens with one attached hydrogen (secondary N) is 1. The number of unbranched alkanes of at least 4 members (excludes halogenated alkanes) is 1. The van der Waals surface area contributed by atoms with E-state index in [1.165, 1.54) is 4.31 Å². The fourth-order valence-electron chi connectivity index (χ4n) is 4.28. The lowest BCUT2D eigenvalue weighted by atomic mass is 10.1. The topological polar surface area (TPSA) is 69.7 Å². The lowest BCUT2D eigenvalue weighted by molar-refractivity contribution is -0.137. The zero-order chi connectivity index (χ0) is 16.4. The fourth-order valence-corrected chi connectivity index (χ4v) is 6.16. The first kappa shape index (κ1) is 17.2. The maximum Gasteiger partial charge on any atom is 0.241 e. The number of carbonyl (C=O) groups is 1. The minimum absolute atomic E-state index is 0.0544. The maximum atomic E-state index is 13.1. The molecule has 3 aliphatic heterocycles. The Labute approximate surface area is 139 Å². The number of nitrogens with zero attached hydrogens (tertiary/aromatic N) is 2. The van der Waals surface area contributed by atoms with Crippen LogP contribution in [-0.4, -0.2) is 67.0 Å². The molecule has 3 rings (SSSR count). The Balaban J connectivity index is 1.76. The van der Waals surface area contributed by atoms with Crippen LogP contribution in [0, 0.1) is 0 Å². The molecule has 3 aliphatic rings.